The van der Waals surface area contributed by atoms with E-state index in [2.05, 4.69) is 0 Å². The summed E-state index contributed by atoms with van der Waals surface area (Å²) < 4.78 is 25.9. The average molecular weight is 270 g/mol. The Morgan fingerprint density at radius 3 is 2.58 bits per heavy atom. The Labute approximate surface area is 112 Å². The van der Waals surface area contributed by atoms with Crippen LogP contribution in [-0.2, 0) is 11.3 Å². The summed E-state index contributed by atoms with van der Waals surface area (Å²) in [6, 6.07) is 3.64. The molecule has 0 fully saturated rings. The number of rotatable bonds is 6. The van der Waals surface area contributed by atoms with Gasteiger partial charge < -0.3 is 10.6 Å². The molecule has 1 unspecified atom stereocenters. The zero-order chi connectivity index (χ0) is 14.4. The topological polar surface area (TPSA) is 46.3 Å². The predicted molar refractivity (Wildman–Crippen MR) is 70.3 cm³/mol. The molecule has 1 aromatic rings. The molecule has 0 spiro atoms. The van der Waals surface area contributed by atoms with Crippen molar-refractivity contribution in [3.05, 3.63) is 35.4 Å². The van der Waals surface area contributed by atoms with Crippen LogP contribution in [0, 0.1) is 17.6 Å². The standard InChI is InChI=1S/C14H20F2N2O/c1-3-4-11(8-17)14(19)18(2)9-10-5-6-12(15)13(16)7-10/h5-7,11H,3-4,8-9,17H2,1-2H3. The third-order valence-electron chi connectivity index (χ3n) is 3.05. The first-order valence-corrected chi connectivity index (χ1v) is 6.38. The fourth-order valence-corrected chi connectivity index (χ4v) is 1.99. The summed E-state index contributed by atoms with van der Waals surface area (Å²) in [5.41, 5.74) is 6.14. The van der Waals surface area contributed by atoms with Crippen LogP contribution < -0.4 is 5.73 Å². The van der Waals surface area contributed by atoms with E-state index in [1.165, 1.54) is 11.0 Å². The summed E-state index contributed by atoms with van der Waals surface area (Å²) in [5, 5.41) is 0. The van der Waals surface area contributed by atoms with Gasteiger partial charge in [0.2, 0.25) is 5.91 Å². The number of hydrogen-bond acceptors (Lipinski definition) is 2. The number of carbonyl (C=O) groups excluding carboxylic acids is 1. The molecule has 0 aromatic heterocycles. The van der Waals surface area contributed by atoms with Crippen LogP contribution in [0.5, 0.6) is 0 Å². The fourth-order valence-electron chi connectivity index (χ4n) is 1.99. The number of hydrogen-bond donors (Lipinski definition) is 1. The van der Waals surface area contributed by atoms with Crippen molar-refractivity contribution in [3.8, 4) is 0 Å². The molecule has 0 bridgehead atoms. The van der Waals surface area contributed by atoms with Crippen LogP contribution in [0.25, 0.3) is 0 Å². The van der Waals surface area contributed by atoms with E-state index in [0.717, 1.165) is 25.0 Å². The molecule has 2 N–H and O–H groups in total. The van der Waals surface area contributed by atoms with E-state index in [9.17, 15) is 13.6 Å². The Morgan fingerprint density at radius 2 is 2.05 bits per heavy atom. The smallest absolute Gasteiger partial charge is 0.226 e. The Balaban J connectivity index is 2.69. The summed E-state index contributed by atoms with van der Waals surface area (Å²) in [5.74, 6) is -2.06. The van der Waals surface area contributed by atoms with Gasteiger partial charge in [0, 0.05) is 20.1 Å². The summed E-state index contributed by atoms with van der Waals surface area (Å²) in [4.78, 5) is 13.6. The van der Waals surface area contributed by atoms with Crippen LogP contribution in [0.2, 0.25) is 0 Å². The largest absolute Gasteiger partial charge is 0.341 e. The third kappa shape index (κ3) is 4.28. The van der Waals surface area contributed by atoms with Gasteiger partial charge in [0.1, 0.15) is 0 Å². The zero-order valence-electron chi connectivity index (χ0n) is 11.3. The van der Waals surface area contributed by atoms with E-state index in [0.29, 0.717) is 12.1 Å². The van der Waals surface area contributed by atoms with Crippen LogP contribution in [0.4, 0.5) is 8.78 Å². The summed E-state index contributed by atoms with van der Waals surface area (Å²) in [6.07, 6.45) is 1.62. The summed E-state index contributed by atoms with van der Waals surface area (Å²) >= 11 is 0. The zero-order valence-corrected chi connectivity index (χ0v) is 11.3. The molecule has 1 rings (SSSR count). The highest BCUT2D eigenvalue weighted by Crippen LogP contribution is 2.13. The SMILES string of the molecule is CCCC(CN)C(=O)N(C)Cc1ccc(F)c(F)c1. The van der Waals surface area contributed by atoms with Crippen molar-refractivity contribution in [2.75, 3.05) is 13.6 Å². The predicted octanol–water partition coefficient (Wildman–Crippen LogP) is 2.30. The molecule has 0 aliphatic heterocycles. The molecule has 5 heteroatoms. The number of nitrogens with zero attached hydrogens (tertiary/aromatic N) is 1. The highest BCUT2D eigenvalue weighted by Gasteiger charge is 2.20. The van der Waals surface area contributed by atoms with Crippen molar-refractivity contribution in [3.63, 3.8) is 0 Å². The quantitative estimate of drug-likeness (QED) is 0.862. The highest BCUT2D eigenvalue weighted by molar-refractivity contribution is 5.78. The van der Waals surface area contributed by atoms with Gasteiger partial charge in [-0.05, 0) is 24.1 Å². The molecule has 1 atom stereocenters. The molecular formula is C14H20F2N2O. The molecule has 0 aliphatic rings. The monoisotopic (exact) mass is 270 g/mol. The van der Waals surface area contributed by atoms with Gasteiger partial charge in [-0.15, -0.1) is 0 Å². The van der Waals surface area contributed by atoms with Gasteiger partial charge in [0.15, 0.2) is 11.6 Å². The Morgan fingerprint density at radius 1 is 1.37 bits per heavy atom. The van der Waals surface area contributed by atoms with Crippen molar-refractivity contribution in [1.29, 1.82) is 0 Å². The van der Waals surface area contributed by atoms with Gasteiger partial charge in [0.25, 0.3) is 0 Å². The molecular weight excluding hydrogens is 250 g/mol. The maximum Gasteiger partial charge on any atom is 0.226 e. The van der Waals surface area contributed by atoms with Gasteiger partial charge in [-0.2, -0.15) is 0 Å². The molecule has 106 valence electrons. The fraction of sp³-hybridized carbons (Fsp3) is 0.500. The number of benzene rings is 1. The Bertz CT molecular complexity index is 437. The summed E-state index contributed by atoms with van der Waals surface area (Å²) in [7, 11) is 1.64. The van der Waals surface area contributed by atoms with E-state index in [4.69, 9.17) is 5.73 Å². The van der Waals surface area contributed by atoms with Crippen LogP contribution in [0.15, 0.2) is 18.2 Å². The Kier molecular flexibility index (Phi) is 5.89. The third-order valence-corrected chi connectivity index (χ3v) is 3.05. The first kappa shape index (κ1) is 15.6. The van der Waals surface area contributed by atoms with Crippen molar-refractivity contribution in [1.82, 2.24) is 4.90 Å². The molecule has 19 heavy (non-hydrogen) atoms. The average Bonchev–Trinajstić information content (AvgIpc) is 2.39. The minimum atomic E-state index is -0.901. The minimum absolute atomic E-state index is 0.0610. The number of halogens is 2. The van der Waals surface area contributed by atoms with Gasteiger partial charge in [-0.3, -0.25) is 4.79 Å². The van der Waals surface area contributed by atoms with Crippen LogP contribution >= 0.6 is 0 Å². The second kappa shape index (κ2) is 7.19. The molecule has 1 amide bonds. The van der Waals surface area contributed by atoms with Crippen LogP contribution in [0.3, 0.4) is 0 Å². The highest BCUT2D eigenvalue weighted by atomic mass is 19.2. The van der Waals surface area contributed by atoms with E-state index in [-0.39, 0.29) is 18.4 Å². The lowest BCUT2D eigenvalue weighted by atomic mass is 10.0. The van der Waals surface area contributed by atoms with Crippen molar-refractivity contribution >= 4 is 5.91 Å². The molecule has 0 saturated carbocycles. The van der Waals surface area contributed by atoms with Crippen molar-refractivity contribution in [2.24, 2.45) is 11.7 Å². The first-order chi connectivity index (χ1) is 8.99. The van der Waals surface area contributed by atoms with Gasteiger partial charge in [0.05, 0.1) is 5.92 Å². The second-order valence-electron chi connectivity index (χ2n) is 4.66. The number of amides is 1. The lowest BCUT2D eigenvalue weighted by Crippen LogP contribution is -2.36. The number of carbonyl (C=O) groups is 1. The van der Waals surface area contributed by atoms with E-state index >= 15 is 0 Å². The Hall–Kier alpha value is -1.49. The maximum absolute atomic E-state index is 13.1. The first-order valence-electron chi connectivity index (χ1n) is 6.38. The van der Waals surface area contributed by atoms with Gasteiger partial charge >= 0.3 is 0 Å². The van der Waals surface area contributed by atoms with Crippen molar-refractivity contribution in [2.45, 2.75) is 26.3 Å². The van der Waals surface area contributed by atoms with Gasteiger partial charge in [-0.1, -0.05) is 19.4 Å². The molecule has 1 aromatic carbocycles. The van der Waals surface area contributed by atoms with Crippen LogP contribution in [-0.4, -0.2) is 24.4 Å². The van der Waals surface area contributed by atoms with E-state index in [1.54, 1.807) is 7.05 Å². The maximum atomic E-state index is 13.1. The molecule has 0 radical (unpaired) electrons. The molecule has 0 saturated heterocycles. The lowest BCUT2D eigenvalue weighted by molar-refractivity contribution is -0.134. The second-order valence-corrected chi connectivity index (χ2v) is 4.66. The molecule has 0 aliphatic carbocycles. The molecule has 0 heterocycles. The molecule has 3 nitrogen and oxygen atoms in total. The van der Waals surface area contributed by atoms with Gasteiger partial charge in [-0.25, -0.2) is 8.78 Å². The van der Waals surface area contributed by atoms with Crippen LogP contribution in [0.1, 0.15) is 25.3 Å². The van der Waals surface area contributed by atoms with E-state index < -0.39 is 11.6 Å². The normalized spacial score (nSPS) is 12.3. The summed E-state index contributed by atoms with van der Waals surface area (Å²) in [6.45, 7) is 2.54. The van der Waals surface area contributed by atoms with E-state index in [1.807, 2.05) is 6.92 Å². The van der Waals surface area contributed by atoms with Crippen molar-refractivity contribution < 1.29 is 13.6 Å². The number of nitrogens with two attached hydrogens (primary N) is 1. The lowest BCUT2D eigenvalue weighted by Gasteiger charge is -2.22. The minimum Gasteiger partial charge on any atom is -0.341 e.